The van der Waals surface area contributed by atoms with Gasteiger partial charge in [0.1, 0.15) is 19.0 Å². The molecule has 4 unspecified atom stereocenters. The van der Waals surface area contributed by atoms with E-state index in [0.717, 1.165) is 38.5 Å². The zero-order chi connectivity index (χ0) is 17.8. The van der Waals surface area contributed by atoms with Crippen molar-refractivity contribution >= 4 is 18.0 Å². The second-order valence-electron chi connectivity index (χ2n) is 9.04. The molecule has 3 aliphatic carbocycles. The summed E-state index contributed by atoms with van der Waals surface area (Å²) in [5.74, 6) is 1.25. The van der Waals surface area contributed by atoms with Crippen molar-refractivity contribution in [2.75, 3.05) is 7.11 Å². The number of ketones is 1. The van der Waals surface area contributed by atoms with E-state index in [-0.39, 0.29) is 34.7 Å². The van der Waals surface area contributed by atoms with Crippen LogP contribution in [0.1, 0.15) is 58.8 Å². The molecule has 1 saturated heterocycles. The Morgan fingerprint density at radius 3 is 2.72 bits per heavy atom. The van der Waals surface area contributed by atoms with Gasteiger partial charge in [0, 0.05) is 24.0 Å². The molecule has 0 aromatic carbocycles. The molecule has 7 atom stereocenters. The lowest BCUT2D eigenvalue weighted by molar-refractivity contribution is -0.147. The summed E-state index contributed by atoms with van der Waals surface area (Å²) in [6.45, 7) is 4.41. The fraction of sp³-hybridized carbons (Fsp3) is 0.850. The van der Waals surface area contributed by atoms with Crippen molar-refractivity contribution in [1.82, 2.24) is 0 Å². The van der Waals surface area contributed by atoms with Gasteiger partial charge in [0.2, 0.25) is 0 Å². The van der Waals surface area contributed by atoms with Gasteiger partial charge in [-0.1, -0.05) is 19.0 Å². The van der Waals surface area contributed by atoms with Crippen LogP contribution in [0.15, 0.2) is 5.16 Å². The number of hydrogen-bond donors (Lipinski definition) is 0. The van der Waals surface area contributed by atoms with Crippen molar-refractivity contribution < 1.29 is 19.2 Å². The lowest BCUT2D eigenvalue weighted by Gasteiger charge is -2.52. The average Bonchev–Trinajstić information content (AvgIpc) is 3.08. The summed E-state index contributed by atoms with van der Waals surface area (Å²) in [6.07, 6.45) is 8.42. The van der Waals surface area contributed by atoms with E-state index in [9.17, 15) is 9.59 Å². The fourth-order valence-electron chi connectivity index (χ4n) is 6.53. The lowest BCUT2D eigenvalue weighted by Crippen LogP contribution is -2.51. The third-order valence-corrected chi connectivity index (χ3v) is 8.09. The largest absolute Gasteiger partial charge is 0.462 e. The Bertz CT molecular complexity index is 617. The van der Waals surface area contributed by atoms with Crippen LogP contribution >= 0.6 is 0 Å². The monoisotopic (exact) mass is 347 g/mol. The van der Waals surface area contributed by atoms with Gasteiger partial charge in [0.15, 0.2) is 0 Å². The molecule has 2 bridgehead atoms. The second kappa shape index (κ2) is 5.82. The van der Waals surface area contributed by atoms with Gasteiger partial charge in [-0.2, -0.15) is 0 Å². The lowest BCUT2D eigenvalue weighted by atomic mass is 9.50. The number of nitrogens with zero attached hydrogens (tertiary/aromatic N) is 1. The van der Waals surface area contributed by atoms with Crippen molar-refractivity contribution in [3.8, 4) is 0 Å². The first-order valence-corrected chi connectivity index (χ1v) is 9.70. The molecule has 5 nitrogen and oxygen atoms in total. The molecule has 1 aliphatic heterocycles. The Balaban J connectivity index is 1.69. The number of carbonyl (C=O) groups excluding carboxylic acids is 2. The molecule has 25 heavy (non-hydrogen) atoms. The second-order valence-corrected chi connectivity index (χ2v) is 9.04. The number of fused-ring (bicyclic) bond motifs is 3. The summed E-state index contributed by atoms with van der Waals surface area (Å²) in [7, 11) is 1.56. The van der Waals surface area contributed by atoms with Gasteiger partial charge in [-0.15, -0.1) is 0 Å². The van der Waals surface area contributed by atoms with E-state index in [2.05, 4.69) is 19.0 Å². The molecule has 4 rings (SSSR count). The molecule has 3 saturated carbocycles. The highest BCUT2D eigenvalue weighted by atomic mass is 16.6. The predicted molar refractivity (Wildman–Crippen MR) is 92.9 cm³/mol. The predicted octanol–water partition coefficient (Wildman–Crippen LogP) is 3.36. The molecule has 1 heterocycles. The van der Waals surface area contributed by atoms with Crippen molar-refractivity contribution in [2.45, 2.75) is 64.9 Å². The van der Waals surface area contributed by atoms with Gasteiger partial charge in [-0.25, -0.2) is 0 Å². The number of Topliss-reactive ketones (excluding diaryl/α,β-unsaturated/α-hetero) is 1. The topological polar surface area (TPSA) is 65.0 Å². The number of esters is 1. The molecule has 4 fully saturated rings. The molecule has 0 amide bonds. The number of rotatable bonds is 3. The summed E-state index contributed by atoms with van der Waals surface area (Å²) in [5, 5.41) is 4.12. The van der Waals surface area contributed by atoms with Crippen molar-refractivity contribution in [2.24, 2.45) is 39.7 Å². The average molecular weight is 347 g/mol. The summed E-state index contributed by atoms with van der Waals surface area (Å²) in [6, 6.07) is 0. The third-order valence-electron chi connectivity index (χ3n) is 8.09. The minimum Gasteiger partial charge on any atom is -0.462 e. The first-order valence-electron chi connectivity index (χ1n) is 9.70. The maximum Gasteiger partial charge on any atom is 0.309 e. The van der Waals surface area contributed by atoms with E-state index in [0.29, 0.717) is 24.0 Å². The Labute approximate surface area is 149 Å². The SMILES string of the molecule is CON=CC1C2CCC(=O)C2(C)CCC1[C@@]1(C)CC[C@H]2C[C@@H]1C(=O)O2. The Morgan fingerprint density at radius 2 is 1.96 bits per heavy atom. The normalized spacial score (nSPS) is 49.3. The number of hydrogen-bond acceptors (Lipinski definition) is 5. The number of carbonyl (C=O) groups is 2. The highest BCUT2D eigenvalue weighted by Gasteiger charge is 2.61. The summed E-state index contributed by atoms with van der Waals surface area (Å²) < 4.78 is 5.56. The van der Waals surface area contributed by atoms with E-state index < -0.39 is 0 Å². The molecular weight excluding hydrogens is 318 g/mol. The molecule has 5 heteroatoms. The van der Waals surface area contributed by atoms with Gasteiger partial charge in [0.25, 0.3) is 0 Å². The minimum atomic E-state index is -0.231. The quantitative estimate of drug-likeness (QED) is 0.446. The first kappa shape index (κ1) is 17.0. The molecule has 0 N–H and O–H groups in total. The zero-order valence-electron chi connectivity index (χ0n) is 15.5. The minimum absolute atomic E-state index is 0.00356. The Morgan fingerprint density at radius 1 is 1.16 bits per heavy atom. The van der Waals surface area contributed by atoms with E-state index in [1.54, 1.807) is 7.11 Å². The molecule has 0 spiro atoms. The molecule has 0 radical (unpaired) electrons. The first-order chi connectivity index (χ1) is 11.9. The van der Waals surface area contributed by atoms with Crippen LogP contribution in [0.4, 0.5) is 0 Å². The van der Waals surface area contributed by atoms with E-state index in [4.69, 9.17) is 9.57 Å². The highest BCUT2D eigenvalue weighted by molar-refractivity contribution is 5.88. The van der Waals surface area contributed by atoms with Crippen LogP contribution in [-0.4, -0.2) is 31.2 Å². The van der Waals surface area contributed by atoms with Crippen LogP contribution in [-0.2, 0) is 19.2 Å². The smallest absolute Gasteiger partial charge is 0.309 e. The van der Waals surface area contributed by atoms with Gasteiger partial charge >= 0.3 is 5.97 Å². The summed E-state index contributed by atoms with van der Waals surface area (Å²) in [5.41, 5.74) is -0.299. The van der Waals surface area contributed by atoms with Gasteiger partial charge in [-0.3, -0.25) is 9.59 Å². The van der Waals surface area contributed by atoms with Gasteiger partial charge in [0.05, 0.1) is 5.92 Å². The van der Waals surface area contributed by atoms with Crippen molar-refractivity contribution in [3.63, 3.8) is 0 Å². The number of ether oxygens (including phenoxy) is 1. The summed E-state index contributed by atoms with van der Waals surface area (Å²) in [4.78, 5) is 30.0. The maximum atomic E-state index is 12.5. The van der Waals surface area contributed by atoms with Crippen LogP contribution in [0.5, 0.6) is 0 Å². The zero-order valence-corrected chi connectivity index (χ0v) is 15.5. The molecule has 138 valence electrons. The van der Waals surface area contributed by atoms with Crippen LogP contribution in [0, 0.1) is 34.5 Å². The maximum absolute atomic E-state index is 12.5. The standard InChI is InChI=1S/C20H29NO4/c1-19(8-6-12-10-16(19)18(23)25-12)15-7-9-20(2)14(4-5-17(20)22)13(15)11-21-24-3/h11-16H,4-10H2,1-3H3/t12-,13?,14?,15?,16+,19+,20?/m0/s1. The summed E-state index contributed by atoms with van der Waals surface area (Å²) >= 11 is 0. The van der Waals surface area contributed by atoms with Crippen LogP contribution < -0.4 is 0 Å². The third kappa shape index (κ3) is 2.37. The molecule has 0 aromatic rings. The number of oxime groups is 1. The van der Waals surface area contributed by atoms with E-state index in [1.807, 2.05) is 6.21 Å². The van der Waals surface area contributed by atoms with Crippen molar-refractivity contribution in [3.05, 3.63) is 0 Å². The van der Waals surface area contributed by atoms with Gasteiger partial charge < -0.3 is 9.57 Å². The molecule has 0 aromatic heterocycles. The molecule has 4 aliphatic rings. The Kier molecular flexibility index (Phi) is 3.97. The Hall–Kier alpha value is -1.39. The highest BCUT2D eigenvalue weighted by Crippen LogP contribution is 2.62. The molecular formula is C20H29NO4. The van der Waals surface area contributed by atoms with E-state index >= 15 is 0 Å². The van der Waals surface area contributed by atoms with E-state index in [1.165, 1.54) is 0 Å². The van der Waals surface area contributed by atoms with Gasteiger partial charge in [-0.05, 0) is 55.8 Å². The van der Waals surface area contributed by atoms with Crippen LogP contribution in [0.25, 0.3) is 0 Å². The fourth-order valence-corrected chi connectivity index (χ4v) is 6.53. The van der Waals surface area contributed by atoms with Crippen molar-refractivity contribution in [1.29, 1.82) is 0 Å². The van der Waals surface area contributed by atoms with Crippen LogP contribution in [0.2, 0.25) is 0 Å². The van der Waals surface area contributed by atoms with Crippen LogP contribution in [0.3, 0.4) is 0 Å².